The number of hydrogen-bond acceptors (Lipinski definition) is 0. The smallest absolute Gasteiger partial charge is 0.186 e. The van der Waals surface area contributed by atoms with E-state index in [1.54, 1.807) is 0 Å². The number of aromatic nitrogens is 1. The van der Waals surface area contributed by atoms with Crippen LogP contribution in [0.5, 0.6) is 0 Å². The van der Waals surface area contributed by atoms with Crippen LogP contribution in [0.3, 0.4) is 0 Å². The first-order valence-corrected chi connectivity index (χ1v) is 2.94. The lowest BCUT2D eigenvalue weighted by Gasteiger charge is -1.81. The summed E-state index contributed by atoms with van der Waals surface area (Å²) in [5.41, 5.74) is 1.14. The zero-order chi connectivity index (χ0) is 6.69. The molecule has 0 saturated carbocycles. The first-order chi connectivity index (χ1) is 4.29. The molecular formula is C7H11ClN2. The van der Waals surface area contributed by atoms with Gasteiger partial charge in [-0.1, -0.05) is 0 Å². The van der Waals surface area contributed by atoms with Crippen LogP contribution >= 0.6 is 0 Å². The van der Waals surface area contributed by atoms with Crippen molar-refractivity contribution in [3.05, 3.63) is 24.0 Å². The van der Waals surface area contributed by atoms with E-state index in [0.717, 1.165) is 5.69 Å². The summed E-state index contributed by atoms with van der Waals surface area (Å²) in [6, 6.07) is 4.01. The van der Waals surface area contributed by atoms with Crippen LogP contribution in [0.4, 0.5) is 0 Å². The van der Waals surface area contributed by atoms with Gasteiger partial charge < -0.3 is 17.4 Å². The number of aromatic amines is 1. The summed E-state index contributed by atoms with van der Waals surface area (Å²) in [4.78, 5) is 3.07. The van der Waals surface area contributed by atoms with E-state index in [2.05, 4.69) is 4.98 Å². The summed E-state index contributed by atoms with van der Waals surface area (Å²) >= 11 is 0. The molecule has 1 rings (SSSR count). The first-order valence-electron chi connectivity index (χ1n) is 2.94. The van der Waals surface area contributed by atoms with Gasteiger partial charge >= 0.3 is 0 Å². The largest absolute Gasteiger partial charge is 1.00 e. The zero-order valence-corrected chi connectivity index (χ0v) is 6.89. The van der Waals surface area contributed by atoms with Crippen molar-refractivity contribution >= 4 is 6.21 Å². The topological polar surface area (TPSA) is 18.8 Å². The second-order valence-corrected chi connectivity index (χ2v) is 2.22. The Morgan fingerprint density at radius 1 is 1.50 bits per heavy atom. The van der Waals surface area contributed by atoms with Crippen molar-refractivity contribution in [1.82, 2.24) is 4.98 Å². The van der Waals surface area contributed by atoms with Crippen molar-refractivity contribution in [3.63, 3.8) is 0 Å². The standard InChI is InChI=1S/C7H10N2.ClH/c1-9(2)6-7-4-3-5-8-7;/h3-6H,1-2H3;1H. The highest BCUT2D eigenvalue weighted by molar-refractivity contribution is 5.72. The minimum absolute atomic E-state index is 0. The predicted octanol–water partition coefficient (Wildman–Crippen LogP) is -2.29. The molecule has 56 valence electrons. The van der Waals surface area contributed by atoms with Gasteiger partial charge in [0.15, 0.2) is 6.21 Å². The lowest BCUT2D eigenvalue weighted by Crippen LogP contribution is -3.00. The summed E-state index contributed by atoms with van der Waals surface area (Å²) < 4.78 is 2.01. The molecule has 0 amide bonds. The van der Waals surface area contributed by atoms with E-state index in [4.69, 9.17) is 0 Å². The highest BCUT2D eigenvalue weighted by Crippen LogP contribution is 1.87. The van der Waals surface area contributed by atoms with Gasteiger partial charge in [0.1, 0.15) is 19.8 Å². The third kappa shape index (κ3) is 2.69. The molecule has 1 aromatic heterocycles. The number of halogens is 1. The number of hydrogen-bond donors (Lipinski definition) is 1. The second kappa shape index (κ2) is 4.12. The highest BCUT2D eigenvalue weighted by Gasteiger charge is 1.88. The highest BCUT2D eigenvalue weighted by atomic mass is 35.5. The van der Waals surface area contributed by atoms with Gasteiger partial charge in [-0.25, -0.2) is 4.58 Å². The number of nitrogens with zero attached hydrogens (tertiary/aromatic N) is 1. The Balaban J connectivity index is 0.000000810. The monoisotopic (exact) mass is 158 g/mol. The maximum absolute atomic E-state index is 3.07. The van der Waals surface area contributed by atoms with Crippen molar-refractivity contribution in [2.75, 3.05) is 14.1 Å². The Morgan fingerprint density at radius 2 is 2.20 bits per heavy atom. The van der Waals surface area contributed by atoms with E-state index in [1.807, 2.05) is 43.2 Å². The molecule has 0 fully saturated rings. The van der Waals surface area contributed by atoms with E-state index >= 15 is 0 Å². The lowest BCUT2D eigenvalue weighted by atomic mass is 10.5. The molecule has 0 saturated heterocycles. The maximum atomic E-state index is 3.07. The van der Waals surface area contributed by atoms with E-state index in [9.17, 15) is 0 Å². The molecule has 0 unspecified atom stereocenters. The van der Waals surface area contributed by atoms with Gasteiger partial charge in [-0.15, -0.1) is 0 Å². The predicted molar refractivity (Wildman–Crippen MR) is 38.1 cm³/mol. The van der Waals surface area contributed by atoms with Crippen molar-refractivity contribution in [2.24, 2.45) is 0 Å². The van der Waals surface area contributed by atoms with Crippen LogP contribution in [0.1, 0.15) is 5.69 Å². The molecule has 1 heterocycles. The van der Waals surface area contributed by atoms with Crippen LogP contribution in [0, 0.1) is 0 Å². The molecule has 2 nitrogen and oxygen atoms in total. The van der Waals surface area contributed by atoms with Crippen LogP contribution < -0.4 is 12.4 Å². The average molecular weight is 159 g/mol. The molecule has 1 aromatic rings. The fourth-order valence-electron chi connectivity index (χ4n) is 0.703. The summed E-state index contributed by atoms with van der Waals surface area (Å²) in [6.45, 7) is 0. The number of rotatable bonds is 1. The molecule has 10 heavy (non-hydrogen) atoms. The van der Waals surface area contributed by atoms with Crippen LogP contribution in [0.25, 0.3) is 0 Å². The Labute approximate surface area is 67.0 Å². The van der Waals surface area contributed by atoms with Gasteiger partial charge in [-0.05, 0) is 12.1 Å². The van der Waals surface area contributed by atoms with Gasteiger partial charge in [0.05, 0.1) is 0 Å². The average Bonchev–Trinajstić information content (AvgIpc) is 2.15. The summed E-state index contributed by atoms with van der Waals surface area (Å²) in [5, 5.41) is 0. The third-order valence-corrected chi connectivity index (χ3v) is 1.02. The fourth-order valence-corrected chi connectivity index (χ4v) is 0.703. The minimum Gasteiger partial charge on any atom is -1.00 e. The molecule has 0 spiro atoms. The van der Waals surface area contributed by atoms with Gasteiger partial charge in [-0.3, -0.25) is 0 Å². The molecule has 1 N–H and O–H groups in total. The second-order valence-electron chi connectivity index (χ2n) is 2.22. The number of nitrogens with one attached hydrogen (secondary N) is 1. The molecule has 0 radical (unpaired) electrons. The Kier molecular flexibility index (Phi) is 3.81. The molecule has 0 aliphatic rings. The quantitative estimate of drug-likeness (QED) is 0.351. The Hall–Kier alpha value is -0.760. The molecule has 0 aliphatic heterocycles. The SMILES string of the molecule is C[N+](C)=Cc1ccc[nH]1.[Cl-]. The van der Waals surface area contributed by atoms with Crippen LogP contribution in [0.2, 0.25) is 0 Å². The minimum atomic E-state index is 0. The van der Waals surface area contributed by atoms with Crippen molar-refractivity contribution in [3.8, 4) is 0 Å². The van der Waals surface area contributed by atoms with Gasteiger partial charge in [0, 0.05) is 6.20 Å². The van der Waals surface area contributed by atoms with Crippen LogP contribution in [-0.4, -0.2) is 29.9 Å². The first kappa shape index (κ1) is 9.24. The van der Waals surface area contributed by atoms with Gasteiger partial charge in [-0.2, -0.15) is 0 Å². The molecule has 0 bridgehead atoms. The fraction of sp³-hybridized carbons (Fsp3) is 0.286. The summed E-state index contributed by atoms with van der Waals surface area (Å²) in [7, 11) is 4.00. The van der Waals surface area contributed by atoms with Crippen molar-refractivity contribution in [2.45, 2.75) is 0 Å². The van der Waals surface area contributed by atoms with E-state index in [-0.39, 0.29) is 12.4 Å². The maximum Gasteiger partial charge on any atom is 0.186 e. The van der Waals surface area contributed by atoms with Gasteiger partial charge in [0.2, 0.25) is 0 Å². The van der Waals surface area contributed by atoms with E-state index in [0.29, 0.717) is 0 Å². The van der Waals surface area contributed by atoms with Gasteiger partial charge in [0.25, 0.3) is 0 Å². The number of H-pyrrole nitrogens is 1. The van der Waals surface area contributed by atoms with Crippen molar-refractivity contribution < 1.29 is 17.0 Å². The molecule has 0 atom stereocenters. The normalized spacial score (nSPS) is 8.20. The summed E-state index contributed by atoms with van der Waals surface area (Å²) in [6.07, 6.45) is 3.94. The molecule has 3 heteroatoms. The molecular weight excluding hydrogens is 148 g/mol. The summed E-state index contributed by atoms with van der Waals surface area (Å²) in [5.74, 6) is 0. The lowest BCUT2D eigenvalue weighted by molar-refractivity contribution is -0.458. The van der Waals surface area contributed by atoms with Crippen molar-refractivity contribution in [1.29, 1.82) is 0 Å². The zero-order valence-electron chi connectivity index (χ0n) is 6.13. The van der Waals surface area contributed by atoms with E-state index < -0.39 is 0 Å². The Morgan fingerprint density at radius 3 is 2.60 bits per heavy atom. The van der Waals surface area contributed by atoms with Crippen LogP contribution in [-0.2, 0) is 0 Å². The molecule has 0 aliphatic carbocycles. The molecule has 0 aromatic carbocycles. The third-order valence-electron chi connectivity index (χ3n) is 1.02. The Bertz CT molecular complexity index is 197. The van der Waals surface area contributed by atoms with Crippen LogP contribution in [0.15, 0.2) is 18.3 Å². The van der Waals surface area contributed by atoms with E-state index in [1.165, 1.54) is 0 Å².